The maximum absolute atomic E-state index is 5.36. The van der Waals surface area contributed by atoms with Gasteiger partial charge < -0.3 is 0 Å². The second kappa shape index (κ2) is 12.9. The molecule has 0 aliphatic heterocycles. The van der Waals surface area contributed by atoms with E-state index >= 15 is 0 Å². The molecule has 0 unspecified atom stereocenters. The number of aromatic nitrogens is 2. The van der Waals surface area contributed by atoms with Crippen LogP contribution in [0.15, 0.2) is 218 Å². The van der Waals surface area contributed by atoms with Gasteiger partial charge in [-0.25, -0.2) is 9.97 Å². The Kier molecular flexibility index (Phi) is 7.07. The first-order valence-electron chi connectivity index (χ1n) is 21.8. The molecule has 0 fully saturated rings. The fourth-order valence-electron chi connectivity index (χ4n) is 11.5. The summed E-state index contributed by atoms with van der Waals surface area (Å²) in [7, 11) is 0. The monoisotopic (exact) mass is 796 g/mol. The van der Waals surface area contributed by atoms with Gasteiger partial charge in [0.05, 0.1) is 16.6 Å². The molecule has 10 aromatic carbocycles. The maximum Gasteiger partial charge on any atom is 0.160 e. The molecular weight excluding hydrogens is 761 g/mol. The summed E-state index contributed by atoms with van der Waals surface area (Å²) >= 11 is 0. The molecule has 3 aliphatic rings. The fraction of sp³-hybridized carbons (Fsp3) is 0.0164. The Bertz CT molecular complexity index is 3680. The van der Waals surface area contributed by atoms with E-state index in [4.69, 9.17) is 9.97 Å². The van der Waals surface area contributed by atoms with Crippen LogP contribution < -0.4 is 0 Å². The van der Waals surface area contributed by atoms with E-state index in [1.165, 1.54) is 94.2 Å². The van der Waals surface area contributed by atoms with Crippen molar-refractivity contribution in [2.45, 2.75) is 5.41 Å². The van der Waals surface area contributed by atoms with E-state index in [9.17, 15) is 0 Å². The summed E-state index contributed by atoms with van der Waals surface area (Å²) in [6.45, 7) is 0. The third kappa shape index (κ3) is 4.67. The normalized spacial score (nSPS) is 13.2. The van der Waals surface area contributed by atoms with Gasteiger partial charge in [-0.1, -0.05) is 200 Å². The number of para-hydroxylation sites is 1. The van der Waals surface area contributed by atoms with Gasteiger partial charge in [0.25, 0.3) is 0 Å². The Morgan fingerprint density at radius 1 is 0.302 bits per heavy atom. The molecule has 0 radical (unpaired) electrons. The van der Waals surface area contributed by atoms with Crippen LogP contribution in [-0.4, -0.2) is 9.97 Å². The molecule has 63 heavy (non-hydrogen) atoms. The highest BCUT2D eigenvalue weighted by Gasteiger charge is 2.53. The van der Waals surface area contributed by atoms with Gasteiger partial charge in [0.1, 0.15) is 0 Å². The zero-order valence-corrected chi connectivity index (χ0v) is 34.2. The van der Waals surface area contributed by atoms with Crippen molar-refractivity contribution in [2.24, 2.45) is 0 Å². The molecule has 0 bridgehead atoms. The Balaban J connectivity index is 1.01. The van der Waals surface area contributed by atoms with Crippen molar-refractivity contribution < 1.29 is 0 Å². The van der Waals surface area contributed by atoms with Crippen LogP contribution in [0.25, 0.3) is 111 Å². The van der Waals surface area contributed by atoms with Crippen molar-refractivity contribution in [1.82, 2.24) is 9.97 Å². The Labute approximate surface area is 365 Å². The van der Waals surface area contributed by atoms with Crippen LogP contribution in [-0.2, 0) is 5.41 Å². The molecular formula is C61H36N2. The molecule has 1 heterocycles. The highest BCUT2D eigenvalue weighted by atomic mass is 14.9. The van der Waals surface area contributed by atoms with Gasteiger partial charge in [-0.15, -0.1) is 0 Å². The zero-order chi connectivity index (χ0) is 41.2. The zero-order valence-electron chi connectivity index (χ0n) is 34.2. The van der Waals surface area contributed by atoms with E-state index in [0.29, 0.717) is 5.82 Å². The first-order valence-corrected chi connectivity index (χ1v) is 21.8. The fourth-order valence-corrected chi connectivity index (χ4v) is 11.5. The number of benzene rings is 10. The molecule has 0 N–H and O–H groups in total. The molecule has 1 spiro atoms. The molecule has 0 atom stereocenters. The Morgan fingerprint density at radius 2 is 0.873 bits per heavy atom. The molecule has 2 nitrogen and oxygen atoms in total. The summed E-state index contributed by atoms with van der Waals surface area (Å²) in [4.78, 5) is 10.5. The number of hydrogen-bond acceptors (Lipinski definition) is 2. The summed E-state index contributed by atoms with van der Waals surface area (Å²) in [5.41, 5.74) is 24.1. The van der Waals surface area contributed by atoms with Crippen molar-refractivity contribution in [3.05, 3.63) is 241 Å². The van der Waals surface area contributed by atoms with Gasteiger partial charge in [0.15, 0.2) is 5.82 Å². The van der Waals surface area contributed by atoms with E-state index in [0.717, 1.165) is 33.3 Å². The van der Waals surface area contributed by atoms with Gasteiger partial charge in [-0.05, 0) is 118 Å². The maximum atomic E-state index is 5.36. The Morgan fingerprint density at radius 3 is 1.63 bits per heavy atom. The summed E-state index contributed by atoms with van der Waals surface area (Å²) in [5.74, 6) is 0.713. The highest BCUT2D eigenvalue weighted by molar-refractivity contribution is 6.21. The lowest BCUT2D eigenvalue weighted by molar-refractivity contribution is 0.794. The summed E-state index contributed by atoms with van der Waals surface area (Å²) in [5, 5.41) is 3.64. The summed E-state index contributed by atoms with van der Waals surface area (Å²) < 4.78 is 0. The van der Waals surface area contributed by atoms with E-state index in [2.05, 4.69) is 218 Å². The molecule has 0 amide bonds. The van der Waals surface area contributed by atoms with E-state index in [1.807, 2.05) is 0 Å². The minimum Gasteiger partial charge on any atom is -0.228 e. The highest BCUT2D eigenvalue weighted by Crippen LogP contribution is 2.67. The molecule has 14 rings (SSSR count). The molecule has 2 heteroatoms. The van der Waals surface area contributed by atoms with Crippen LogP contribution in [0.3, 0.4) is 0 Å². The molecule has 1 aromatic heterocycles. The van der Waals surface area contributed by atoms with Gasteiger partial charge in [-0.2, -0.15) is 0 Å². The van der Waals surface area contributed by atoms with Crippen molar-refractivity contribution in [1.29, 1.82) is 0 Å². The first-order chi connectivity index (χ1) is 31.3. The predicted molar refractivity (Wildman–Crippen MR) is 260 cm³/mol. The molecule has 11 aromatic rings. The summed E-state index contributed by atoms with van der Waals surface area (Å²) in [6.07, 6.45) is 0. The van der Waals surface area contributed by atoms with E-state index in [1.54, 1.807) is 0 Å². The number of fused-ring (bicyclic) bond motifs is 14. The van der Waals surface area contributed by atoms with Crippen LogP contribution in [0.1, 0.15) is 22.3 Å². The van der Waals surface area contributed by atoms with Crippen molar-refractivity contribution in [2.75, 3.05) is 0 Å². The van der Waals surface area contributed by atoms with Gasteiger partial charge in [-0.3, -0.25) is 0 Å². The molecule has 0 saturated carbocycles. The summed E-state index contributed by atoms with van der Waals surface area (Å²) in [6, 6.07) is 80.2. The third-order valence-corrected chi connectivity index (χ3v) is 14.0. The number of rotatable bonds is 4. The predicted octanol–water partition coefficient (Wildman–Crippen LogP) is 15.4. The lowest BCUT2D eigenvalue weighted by Gasteiger charge is -2.31. The van der Waals surface area contributed by atoms with Crippen molar-refractivity contribution in [3.8, 4) is 89.4 Å². The molecule has 0 saturated heterocycles. The van der Waals surface area contributed by atoms with Crippen LogP contribution in [0.5, 0.6) is 0 Å². The van der Waals surface area contributed by atoms with Gasteiger partial charge >= 0.3 is 0 Å². The van der Waals surface area contributed by atoms with Gasteiger partial charge in [0, 0.05) is 16.5 Å². The SMILES string of the molecule is c1ccc(-c2cccc(-c3nc(-c4ccc(-c5c6c(cc7c5-c5ccccc5C75c7ccccc7-c7ccccc75)-c5cccc7cccc-6c57)cc4)nc4ccccc34)c2)cc1. The van der Waals surface area contributed by atoms with Crippen molar-refractivity contribution >= 4 is 21.7 Å². The van der Waals surface area contributed by atoms with Crippen LogP contribution in [0.4, 0.5) is 0 Å². The lowest BCUT2D eigenvalue weighted by Crippen LogP contribution is -2.26. The molecule has 3 aliphatic carbocycles. The average Bonchev–Trinajstić information content (AvgIpc) is 3.96. The smallest absolute Gasteiger partial charge is 0.160 e. The standard InChI is InChI=1S/C61H36N2/c1-2-15-37(16-3-1)41-19-12-20-42(35-41)59-47-24-7-11-30-54(47)62-60(63-59)40-33-31-39(32-34-40)56-57-48-26-14-18-38-17-13-25-45(55(38)48)49(57)36-53-58(56)46-23-6-10-29-52(46)61(53)50-27-8-4-21-43(50)44-22-5-9-28-51(44)61/h1-36H. The second-order valence-corrected chi connectivity index (χ2v) is 17.1. The number of nitrogens with zero attached hydrogens (tertiary/aromatic N) is 2. The minimum absolute atomic E-state index is 0.460. The van der Waals surface area contributed by atoms with E-state index in [-0.39, 0.29) is 0 Å². The van der Waals surface area contributed by atoms with Crippen LogP contribution >= 0.6 is 0 Å². The second-order valence-electron chi connectivity index (χ2n) is 17.1. The topological polar surface area (TPSA) is 25.8 Å². The largest absolute Gasteiger partial charge is 0.228 e. The average molecular weight is 797 g/mol. The Hall–Kier alpha value is -8.20. The first kappa shape index (κ1) is 34.5. The van der Waals surface area contributed by atoms with Crippen molar-refractivity contribution in [3.63, 3.8) is 0 Å². The quantitative estimate of drug-likeness (QED) is 0.177. The third-order valence-electron chi connectivity index (χ3n) is 14.0. The van der Waals surface area contributed by atoms with Crippen LogP contribution in [0.2, 0.25) is 0 Å². The minimum atomic E-state index is -0.460. The van der Waals surface area contributed by atoms with E-state index < -0.39 is 5.41 Å². The van der Waals surface area contributed by atoms with Gasteiger partial charge in [0.2, 0.25) is 0 Å². The number of hydrogen-bond donors (Lipinski definition) is 0. The molecule has 290 valence electrons. The van der Waals surface area contributed by atoms with Crippen LogP contribution in [0, 0.1) is 0 Å². The lowest BCUT2D eigenvalue weighted by atomic mass is 9.69.